The summed E-state index contributed by atoms with van der Waals surface area (Å²) in [7, 11) is 1.84. The SMILES string of the molecule is CC#CCCNC(=O)C(C)CNC. The van der Waals surface area contributed by atoms with E-state index < -0.39 is 0 Å². The number of hydrogen-bond donors (Lipinski definition) is 2. The molecular formula is C10H18N2O. The number of hydrogen-bond acceptors (Lipinski definition) is 2. The maximum absolute atomic E-state index is 11.3. The van der Waals surface area contributed by atoms with E-state index in [4.69, 9.17) is 0 Å². The van der Waals surface area contributed by atoms with Crippen molar-refractivity contribution in [2.24, 2.45) is 5.92 Å². The molecule has 3 heteroatoms. The number of amides is 1. The van der Waals surface area contributed by atoms with E-state index in [-0.39, 0.29) is 11.8 Å². The second-order valence-electron chi connectivity index (χ2n) is 2.93. The minimum Gasteiger partial charge on any atom is -0.355 e. The maximum Gasteiger partial charge on any atom is 0.224 e. The van der Waals surface area contributed by atoms with Gasteiger partial charge >= 0.3 is 0 Å². The van der Waals surface area contributed by atoms with Gasteiger partial charge in [-0.3, -0.25) is 4.79 Å². The fourth-order valence-corrected chi connectivity index (χ4v) is 0.946. The smallest absolute Gasteiger partial charge is 0.224 e. The van der Waals surface area contributed by atoms with E-state index in [0.717, 1.165) is 6.42 Å². The lowest BCUT2D eigenvalue weighted by Gasteiger charge is -2.09. The third-order valence-electron chi connectivity index (χ3n) is 1.68. The second-order valence-corrected chi connectivity index (χ2v) is 2.93. The molecule has 0 saturated carbocycles. The summed E-state index contributed by atoms with van der Waals surface area (Å²) in [6, 6.07) is 0. The highest BCUT2D eigenvalue weighted by molar-refractivity contribution is 5.78. The van der Waals surface area contributed by atoms with Crippen LogP contribution in [0.25, 0.3) is 0 Å². The van der Waals surface area contributed by atoms with Crippen molar-refractivity contribution in [1.82, 2.24) is 10.6 Å². The van der Waals surface area contributed by atoms with E-state index in [2.05, 4.69) is 22.5 Å². The molecule has 13 heavy (non-hydrogen) atoms. The summed E-state index contributed by atoms with van der Waals surface area (Å²) in [5.74, 6) is 5.79. The van der Waals surface area contributed by atoms with Gasteiger partial charge in [-0.1, -0.05) is 6.92 Å². The number of nitrogens with one attached hydrogen (secondary N) is 2. The van der Waals surface area contributed by atoms with Gasteiger partial charge in [0.25, 0.3) is 0 Å². The molecule has 0 aromatic rings. The minimum atomic E-state index is 0.0274. The van der Waals surface area contributed by atoms with Gasteiger partial charge < -0.3 is 10.6 Å². The van der Waals surface area contributed by atoms with Gasteiger partial charge in [0, 0.05) is 25.4 Å². The Hall–Kier alpha value is -1.01. The van der Waals surface area contributed by atoms with Crippen molar-refractivity contribution in [1.29, 1.82) is 0 Å². The van der Waals surface area contributed by atoms with Crippen LogP contribution in [0, 0.1) is 17.8 Å². The summed E-state index contributed by atoms with van der Waals surface area (Å²) < 4.78 is 0. The molecule has 1 unspecified atom stereocenters. The molecule has 0 aliphatic carbocycles. The number of carbonyl (C=O) groups is 1. The quantitative estimate of drug-likeness (QED) is 0.476. The van der Waals surface area contributed by atoms with E-state index in [1.165, 1.54) is 0 Å². The molecule has 0 bridgehead atoms. The third kappa shape index (κ3) is 6.18. The standard InChI is InChI=1S/C10H18N2O/c1-4-5-6-7-12-10(13)9(2)8-11-3/h9,11H,6-8H2,1-3H3,(H,12,13). The first-order chi connectivity index (χ1) is 6.22. The van der Waals surface area contributed by atoms with E-state index in [1.54, 1.807) is 6.92 Å². The summed E-state index contributed by atoms with van der Waals surface area (Å²) >= 11 is 0. The van der Waals surface area contributed by atoms with Gasteiger partial charge in [0.05, 0.1) is 0 Å². The Morgan fingerprint density at radius 3 is 2.77 bits per heavy atom. The Morgan fingerprint density at radius 2 is 2.23 bits per heavy atom. The molecule has 3 nitrogen and oxygen atoms in total. The Labute approximate surface area is 80.3 Å². The van der Waals surface area contributed by atoms with Crippen molar-refractivity contribution in [3.63, 3.8) is 0 Å². The molecule has 0 aromatic carbocycles. The van der Waals surface area contributed by atoms with Gasteiger partial charge in [-0.05, 0) is 14.0 Å². The monoisotopic (exact) mass is 182 g/mol. The van der Waals surface area contributed by atoms with Crippen LogP contribution in [0.5, 0.6) is 0 Å². The van der Waals surface area contributed by atoms with Crippen molar-refractivity contribution >= 4 is 5.91 Å². The molecule has 0 fully saturated rings. The van der Waals surface area contributed by atoms with Gasteiger partial charge in [-0.25, -0.2) is 0 Å². The molecule has 0 spiro atoms. The third-order valence-corrected chi connectivity index (χ3v) is 1.68. The van der Waals surface area contributed by atoms with E-state index in [9.17, 15) is 4.79 Å². The number of rotatable bonds is 5. The molecule has 0 aromatic heterocycles. The molecule has 1 atom stereocenters. The molecule has 0 rings (SSSR count). The van der Waals surface area contributed by atoms with Crippen LogP contribution in [-0.4, -0.2) is 26.0 Å². The average Bonchev–Trinajstić information content (AvgIpc) is 2.12. The van der Waals surface area contributed by atoms with E-state index in [1.807, 2.05) is 14.0 Å². The van der Waals surface area contributed by atoms with Crippen molar-refractivity contribution in [3.05, 3.63) is 0 Å². The second kappa shape index (κ2) is 7.63. The van der Waals surface area contributed by atoms with Crippen LogP contribution in [-0.2, 0) is 4.79 Å². The lowest BCUT2D eigenvalue weighted by Crippen LogP contribution is -2.34. The summed E-state index contributed by atoms with van der Waals surface area (Å²) in [4.78, 5) is 11.3. The van der Waals surface area contributed by atoms with Crippen molar-refractivity contribution in [2.45, 2.75) is 20.3 Å². The maximum atomic E-state index is 11.3. The topological polar surface area (TPSA) is 41.1 Å². The predicted molar refractivity (Wildman–Crippen MR) is 54.2 cm³/mol. The Balaban J connectivity index is 3.53. The van der Waals surface area contributed by atoms with Gasteiger partial charge in [0.15, 0.2) is 0 Å². The first-order valence-corrected chi connectivity index (χ1v) is 4.54. The lowest BCUT2D eigenvalue weighted by molar-refractivity contribution is -0.124. The molecule has 0 saturated heterocycles. The zero-order valence-corrected chi connectivity index (χ0v) is 8.61. The molecule has 0 aliphatic heterocycles. The van der Waals surface area contributed by atoms with Gasteiger partial charge in [-0.15, -0.1) is 11.8 Å². The van der Waals surface area contributed by atoms with Crippen LogP contribution in [0.1, 0.15) is 20.3 Å². The summed E-state index contributed by atoms with van der Waals surface area (Å²) in [6.45, 7) is 5.06. The van der Waals surface area contributed by atoms with Crippen LogP contribution in [0.3, 0.4) is 0 Å². The first-order valence-electron chi connectivity index (χ1n) is 4.54. The van der Waals surface area contributed by atoms with Gasteiger partial charge in [0.1, 0.15) is 0 Å². The van der Waals surface area contributed by atoms with E-state index >= 15 is 0 Å². The van der Waals surface area contributed by atoms with Crippen molar-refractivity contribution in [3.8, 4) is 11.8 Å². The molecular weight excluding hydrogens is 164 g/mol. The van der Waals surface area contributed by atoms with E-state index in [0.29, 0.717) is 13.1 Å². The Kier molecular flexibility index (Phi) is 7.04. The lowest BCUT2D eigenvalue weighted by atomic mass is 10.1. The zero-order valence-electron chi connectivity index (χ0n) is 8.61. The highest BCUT2D eigenvalue weighted by Crippen LogP contribution is 1.91. The molecule has 0 radical (unpaired) electrons. The highest BCUT2D eigenvalue weighted by atomic mass is 16.1. The largest absolute Gasteiger partial charge is 0.355 e. The molecule has 74 valence electrons. The number of carbonyl (C=O) groups excluding carboxylic acids is 1. The normalized spacial score (nSPS) is 11.3. The Bertz CT molecular complexity index is 203. The average molecular weight is 182 g/mol. The highest BCUT2D eigenvalue weighted by Gasteiger charge is 2.09. The van der Waals surface area contributed by atoms with Crippen molar-refractivity contribution in [2.75, 3.05) is 20.1 Å². The van der Waals surface area contributed by atoms with Crippen molar-refractivity contribution < 1.29 is 4.79 Å². The zero-order chi connectivity index (χ0) is 10.1. The predicted octanol–water partition coefficient (Wildman–Crippen LogP) is 0.372. The summed E-state index contributed by atoms with van der Waals surface area (Å²) in [6.07, 6.45) is 0.731. The molecule has 0 heterocycles. The Morgan fingerprint density at radius 1 is 1.54 bits per heavy atom. The van der Waals surface area contributed by atoms with Gasteiger partial charge in [-0.2, -0.15) is 0 Å². The minimum absolute atomic E-state index is 0.0274. The summed E-state index contributed by atoms with van der Waals surface area (Å²) in [5, 5.41) is 5.78. The molecule has 1 amide bonds. The van der Waals surface area contributed by atoms with Crippen LogP contribution in [0.2, 0.25) is 0 Å². The molecule has 0 aliphatic rings. The fraction of sp³-hybridized carbons (Fsp3) is 0.700. The van der Waals surface area contributed by atoms with Crippen LogP contribution >= 0.6 is 0 Å². The fourth-order valence-electron chi connectivity index (χ4n) is 0.946. The summed E-state index contributed by atoms with van der Waals surface area (Å²) in [5.41, 5.74) is 0. The van der Waals surface area contributed by atoms with Crippen LogP contribution in [0.4, 0.5) is 0 Å². The molecule has 2 N–H and O–H groups in total. The van der Waals surface area contributed by atoms with Crippen LogP contribution in [0.15, 0.2) is 0 Å². The van der Waals surface area contributed by atoms with Crippen LogP contribution < -0.4 is 10.6 Å². The van der Waals surface area contributed by atoms with Gasteiger partial charge in [0.2, 0.25) is 5.91 Å². The first kappa shape index (κ1) is 12.0.